The van der Waals surface area contributed by atoms with Crippen LogP contribution in [0.15, 0.2) is 91.5 Å². The Balaban J connectivity index is 1.59. The van der Waals surface area contributed by atoms with Crippen molar-refractivity contribution in [2.75, 3.05) is 0 Å². The third-order valence-electron chi connectivity index (χ3n) is 4.63. The van der Waals surface area contributed by atoms with Crippen LogP contribution in [0.3, 0.4) is 0 Å². The highest BCUT2D eigenvalue weighted by Gasteiger charge is 2.17. The Labute approximate surface area is 163 Å². The van der Waals surface area contributed by atoms with Crippen LogP contribution in [-0.4, -0.2) is 20.7 Å². The summed E-state index contributed by atoms with van der Waals surface area (Å²) in [6, 6.07) is 25.3. The molecule has 4 rings (SSSR count). The summed E-state index contributed by atoms with van der Waals surface area (Å²) in [5.41, 5.74) is 4.72. The predicted molar refractivity (Wildman–Crippen MR) is 108 cm³/mol. The van der Waals surface area contributed by atoms with E-state index in [1.165, 1.54) is 11.9 Å². The van der Waals surface area contributed by atoms with Crippen molar-refractivity contribution in [2.24, 2.45) is 0 Å². The van der Waals surface area contributed by atoms with Crippen LogP contribution in [0.5, 0.6) is 0 Å². The van der Waals surface area contributed by atoms with Gasteiger partial charge in [0.2, 0.25) is 0 Å². The SMILES string of the molecule is Cc1ccc(C(NC(=O)c2ccc(-n3cncn3)cc2)c2ccccc2)cc1. The summed E-state index contributed by atoms with van der Waals surface area (Å²) in [7, 11) is 0. The second-order valence-electron chi connectivity index (χ2n) is 6.61. The number of carbonyl (C=O) groups excluding carboxylic acids is 1. The molecule has 0 radical (unpaired) electrons. The number of hydrogen-bond acceptors (Lipinski definition) is 3. The second kappa shape index (κ2) is 7.88. The van der Waals surface area contributed by atoms with Crippen LogP contribution in [0.4, 0.5) is 0 Å². The first-order chi connectivity index (χ1) is 13.7. The number of aryl methyl sites for hydroxylation is 1. The molecule has 0 fully saturated rings. The molecule has 0 saturated heterocycles. The van der Waals surface area contributed by atoms with Crippen molar-refractivity contribution < 1.29 is 4.79 Å². The first kappa shape index (κ1) is 17.7. The molecule has 1 amide bonds. The molecule has 28 heavy (non-hydrogen) atoms. The van der Waals surface area contributed by atoms with E-state index in [0.717, 1.165) is 16.8 Å². The van der Waals surface area contributed by atoms with Crippen LogP contribution in [0.1, 0.15) is 33.1 Å². The van der Waals surface area contributed by atoms with Crippen molar-refractivity contribution >= 4 is 5.91 Å². The van der Waals surface area contributed by atoms with E-state index in [-0.39, 0.29) is 11.9 Å². The molecule has 138 valence electrons. The lowest BCUT2D eigenvalue weighted by Crippen LogP contribution is -2.29. The lowest BCUT2D eigenvalue weighted by molar-refractivity contribution is 0.0943. The van der Waals surface area contributed by atoms with Crippen molar-refractivity contribution in [3.63, 3.8) is 0 Å². The molecule has 0 spiro atoms. The summed E-state index contributed by atoms with van der Waals surface area (Å²) < 4.78 is 1.65. The molecule has 5 heteroatoms. The largest absolute Gasteiger partial charge is 0.341 e. The maximum atomic E-state index is 12.9. The maximum absolute atomic E-state index is 12.9. The van der Waals surface area contributed by atoms with Gasteiger partial charge >= 0.3 is 0 Å². The first-order valence-electron chi connectivity index (χ1n) is 9.08. The average molecular weight is 368 g/mol. The molecule has 1 heterocycles. The number of nitrogens with one attached hydrogen (secondary N) is 1. The minimum Gasteiger partial charge on any atom is -0.341 e. The minimum atomic E-state index is -0.218. The minimum absolute atomic E-state index is 0.125. The summed E-state index contributed by atoms with van der Waals surface area (Å²) >= 11 is 0. The molecule has 1 unspecified atom stereocenters. The molecule has 1 atom stereocenters. The Kier molecular flexibility index (Phi) is 4.97. The smallest absolute Gasteiger partial charge is 0.252 e. The number of benzene rings is 3. The lowest BCUT2D eigenvalue weighted by Gasteiger charge is -2.20. The van der Waals surface area contributed by atoms with Crippen molar-refractivity contribution in [1.82, 2.24) is 20.1 Å². The van der Waals surface area contributed by atoms with Crippen molar-refractivity contribution in [2.45, 2.75) is 13.0 Å². The average Bonchev–Trinajstić information content (AvgIpc) is 3.28. The van der Waals surface area contributed by atoms with E-state index in [2.05, 4.69) is 46.6 Å². The van der Waals surface area contributed by atoms with Gasteiger partial charge in [-0.2, -0.15) is 5.10 Å². The van der Waals surface area contributed by atoms with Gasteiger partial charge in [-0.1, -0.05) is 60.2 Å². The molecular formula is C23H20N4O. The van der Waals surface area contributed by atoms with E-state index in [9.17, 15) is 4.79 Å². The van der Waals surface area contributed by atoms with Gasteiger partial charge in [-0.05, 0) is 42.3 Å². The Morgan fingerprint density at radius 3 is 2.21 bits per heavy atom. The monoisotopic (exact) mass is 368 g/mol. The van der Waals surface area contributed by atoms with E-state index in [1.54, 1.807) is 23.1 Å². The molecule has 0 bridgehead atoms. The summed E-state index contributed by atoms with van der Waals surface area (Å²) in [5.74, 6) is -0.125. The van der Waals surface area contributed by atoms with Gasteiger partial charge in [0.05, 0.1) is 11.7 Å². The van der Waals surface area contributed by atoms with Gasteiger partial charge < -0.3 is 5.32 Å². The molecule has 4 aromatic rings. The molecule has 0 saturated carbocycles. The number of aromatic nitrogens is 3. The molecule has 1 N–H and O–H groups in total. The summed E-state index contributed by atoms with van der Waals surface area (Å²) in [5, 5.41) is 7.27. The molecule has 0 aliphatic rings. The van der Waals surface area contributed by atoms with E-state index in [0.29, 0.717) is 5.56 Å². The van der Waals surface area contributed by atoms with Crippen LogP contribution in [-0.2, 0) is 0 Å². The fourth-order valence-corrected chi connectivity index (χ4v) is 3.09. The van der Waals surface area contributed by atoms with Gasteiger partial charge in [-0.3, -0.25) is 4.79 Å². The standard InChI is InChI=1S/C23H20N4O/c1-17-7-9-19(10-8-17)22(18-5-3-2-4-6-18)26-23(28)20-11-13-21(14-12-20)27-16-24-15-25-27/h2-16,22H,1H3,(H,26,28). The first-order valence-corrected chi connectivity index (χ1v) is 9.08. The summed E-state index contributed by atoms with van der Waals surface area (Å²) in [4.78, 5) is 16.9. The number of hydrogen-bond donors (Lipinski definition) is 1. The van der Waals surface area contributed by atoms with Crippen molar-refractivity contribution in [3.05, 3.63) is 114 Å². The highest BCUT2D eigenvalue weighted by Crippen LogP contribution is 2.23. The molecule has 1 aromatic heterocycles. The lowest BCUT2D eigenvalue weighted by atomic mass is 9.97. The fourth-order valence-electron chi connectivity index (χ4n) is 3.09. The van der Waals surface area contributed by atoms with Crippen molar-refractivity contribution in [1.29, 1.82) is 0 Å². The molecule has 3 aromatic carbocycles. The number of amides is 1. The summed E-state index contributed by atoms with van der Waals surface area (Å²) in [6.45, 7) is 2.05. The summed E-state index contributed by atoms with van der Waals surface area (Å²) in [6.07, 6.45) is 3.10. The molecular weight excluding hydrogens is 348 g/mol. The van der Waals surface area contributed by atoms with Gasteiger partial charge in [0, 0.05) is 5.56 Å². The normalized spacial score (nSPS) is 11.8. The maximum Gasteiger partial charge on any atom is 0.252 e. The van der Waals surface area contributed by atoms with Gasteiger partial charge in [-0.25, -0.2) is 9.67 Å². The highest BCUT2D eigenvalue weighted by molar-refractivity contribution is 5.94. The third-order valence-corrected chi connectivity index (χ3v) is 4.63. The van der Waals surface area contributed by atoms with E-state index >= 15 is 0 Å². The van der Waals surface area contributed by atoms with E-state index < -0.39 is 0 Å². The number of rotatable bonds is 5. The number of carbonyl (C=O) groups is 1. The Morgan fingerprint density at radius 2 is 1.57 bits per heavy atom. The predicted octanol–water partition coefficient (Wildman–Crippen LogP) is 4.10. The van der Waals surface area contributed by atoms with Crippen LogP contribution in [0, 0.1) is 6.92 Å². The van der Waals surface area contributed by atoms with Gasteiger partial charge in [0.25, 0.3) is 5.91 Å². The Hall–Kier alpha value is -3.73. The zero-order chi connectivity index (χ0) is 19.3. The van der Waals surface area contributed by atoms with Crippen molar-refractivity contribution in [3.8, 4) is 5.69 Å². The van der Waals surface area contributed by atoms with Crippen LogP contribution >= 0.6 is 0 Å². The highest BCUT2D eigenvalue weighted by atomic mass is 16.1. The quantitative estimate of drug-likeness (QED) is 0.577. The number of nitrogens with zero attached hydrogens (tertiary/aromatic N) is 3. The van der Waals surface area contributed by atoms with Crippen LogP contribution < -0.4 is 5.32 Å². The topological polar surface area (TPSA) is 59.8 Å². The van der Waals surface area contributed by atoms with Gasteiger partial charge in [0.15, 0.2) is 0 Å². The zero-order valence-corrected chi connectivity index (χ0v) is 15.5. The third kappa shape index (κ3) is 3.83. The van der Waals surface area contributed by atoms with Gasteiger partial charge in [-0.15, -0.1) is 0 Å². The van der Waals surface area contributed by atoms with Gasteiger partial charge in [0.1, 0.15) is 12.7 Å². The Morgan fingerprint density at radius 1 is 0.893 bits per heavy atom. The van der Waals surface area contributed by atoms with E-state index in [1.807, 2.05) is 42.5 Å². The molecule has 0 aliphatic heterocycles. The molecule has 0 aliphatic carbocycles. The molecule has 5 nitrogen and oxygen atoms in total. The van der Waals surface area contributed by atoms with E-state index in [4.69, 9.17) is 0 Å². The zero-order valence-electron chi connectivity index (χ0n) is 15.5. The fraction of sp³-hybridized carbons (Fsp3) is 0.0870. The van der Waals surface area contributed by atoms with Crippen LogP contribution in [0.2, 0.25) is 0 Å². The Bertz CT molecular complexity index is 1040. The second-order valence-corrected chi connectivity index (χ2v) is 6.61. The van der Waals surface area contributed by atoms with Crippen LogP contribution in [0.25, 0.3) is 5.69 Å².